The number of anilines is 1. The second kappa shape index (κ2) is 6.68. The maximum Gasteiger partial charge on any atom is 0.294 e. The minimum atomic E-state index is -0.524. The van der Waals surface area contributed by atoms with Gasteiger partial charge in [0.25, 0.3) is 11.6 Å². The van der Waals surface area contributed by atoms with Crippen LogP contribution in [0.2, 0.25) is 0 Å². The summed E-state index contributed by atoms with van der Waals surface area (Å²) >= 11 is 0. The van der Waals surface area contributed by atoms with Gasteiger partial charge >= 0.3 is 0 Å². The van der Waals surface area contributed by atoms with Crippen molar-refractivity contribution in [2.45, 2.75) is 0 Å². The van der Waals surface area contributed by atoms with Gasteiger partial charge in [0.15, 0.2) is 0 Å². The van der Waals surface area contributed by atoms with Gasteiger partial charge in [-0.15, -0.1) is 0 Å². The SMILES string of the molecule is O=C(Nc1cnc2ccccc2c1)c1ccc(-n2ccnc2)c([N+](=O)[O-])c1. The molecular weight excluding hydrogens is 346 g/mol. The molecule has 1 amide bonds. The van der Waals surface area contributed by atoms with Gasteiger partial charge in [0.05, 0.1) is 28.7 Å². The van der Waals surface area contributed by atoms with Crippen molar-refractivity contribution >= 4 is 28.2 Å². The number of hydrogen-bond acceptors (Lipinski definition) is 5. The van der Waals surface area contributed by atoms with Gasteiger partial charge in [-0.1, -0.05) is 18.2 Å². The van der Waals surface area contributed by atoms with E-state index in [2.05, 4.69) is 15.3 Å². The number of aromatic nitrogens is 3. The number of carbonyl (C=O) groups excluding carboxylic acids is 1. The first-order valence-corrected chi connectivity index (χ1v) is 8.05. The highest BCUT2D eigenvalue weighted by Crippen LogP contribution is 2.25. The van der Waals surface area contributed by atoms with Crippen LogP contribution >= 0.6 is 0 Å². The summed E-state index contributed by atoms with van der Waals surface area (Å²) in [5.74, 6) is -0.452. The van der Waals surface area contributed by atoms with Crippen molar-refractivity contribution in [2.75, 3.05) is 5.32 Å². The lowest BCUT2D eigenvalue weighted by atomic mass is 10.1. The molecule has 4 aromatic rings. The quantitative estimate of drug-likeness (QED) is 0.443. The average Bonchev–Trinajstić information content (AvgIpc) is 3.22. The van der Waals surface area contributed by atoms with Crippen LogP contribution in [0.3, 0.4) is 0 Å². The van der Waals surface area contributed by atoms with Gasteiger partial charge in [-0.2, -0.15) is 0 Å². The minimum Gasteiger partial charge on any atom is -0.321 e. The number of nitrogens with one attached hydrogen (secondary N) is 1. The number of pyridine rings is 1. The number of carbonyl (C=O) groups is 1. The van der Waals surface area contributed by atoms with E-state index in [0.717, 1.165) is 10.9 Å². The van der Waals surface area contributed by atoms with Crippen molar-refractivity contribution in [3.63, 3.8) is 0 Å². The van der Waals surface area contributed by atoms with E-state index in [0.29, 0.717) is 11.4 Å². The second-order valence-electron chi connectivity index (χ2n) is 5.80. The van der Waals surface area contributed by atoms with Gasteiger partial charge in [0, 0.05) is 29.4 Å². The number of benzene rings is 2. The Labute approximate surface area is 153 Å². The van der Waals surface area contributed by atoms with Gasteiger partial charge < -0.3 is 9.88 Å². The Morgan fingerprint density at radius 3 is 2.78 bits per heavy atom. The summed E-state index contributed by atoms with van der Waals surface area (Å²) < 4.78 is 1.52. The van der Waals surface area contributed by atoms with Crippen LogP contribution in [0.4, 0.5) is 11.4 Å². The van der Waals surface area contributed by atoms with Crippen molar-refractivity contribution in [2.24, 2.45) is 0 Å². The van der Waals surface area contributed by atoms with Crippen LogP contribution in [-0.2, 0) is 0 Å². The summed E-state index contributed by atoms with van der Waals surface area (Å²) in [7, 11) is 0. The van der Waals surface area contributed by atoms with Crippen LogP contribution in [-0.4, -0.2) is 25.4 Å². The maximum absolute atomic E-state index is 12.5. The largest absolute Gasteiger partial charge is 0.321 e. The molecule has 27 heavy (non-hydrogen) atoms. The molecule has 8 heteroatoms. The first-order chi connectivity index (χ1) is 13.1. The lowest BCUT2D eigenvalue weighted by molar-refractivity contribution is -0.384. The predicted octanol–water partition coefficient (Wildman–Crippen LogP) is 3.58. The Morgan fingerprint density at radius 1 is 1.15 bits per heavy atom. The number of nitro groups is 1. The number of fused-ring (bicyclic) bond motifs is 1. The minimum absolute atomic E-state index is 0.179. The van der Waals surface area contributed by atoms with Crippen LogP contribution in [0.25, 0.3) is 16.6 Å². The molecule has 1 N–H and O–H groups in total. The Balaban J connectivity index is 1.64. The Kier molecular flexibility index (Phi) is 4.06. The molecule has 2 heterocycles. The Hall–Kier alpha value is -4.07. The van der Waals surface area contributed by atoms with Crippen LogP contribution < -0.4 is 5.32 Å². The Bertz CT molecular complexity index is 1160. The molecule has 132 valence electrons. The third kappa shape index (κ3) is 3.23. The molecule has 0 radical (unpaired) electrons. The van der Waals surface area contributed by atoms with E-state index in [1.807, 2.05) is 24.3 Å². The summed E-state index contributed by atoms with van der Waals surface area (Å²) in [5.41, 5.74) is 1.66. The molecule has 2 aromatic heterocycles. The van der Waals surface area contributed by atoms with Crippen molar-refractivity contribution < 1.29 is 9.72 Å². The van der Waals surface area contributed by atoms with Gasteiger partial charge in [-0.3, -0.25) is 19.9 Å². The first-order valence-electron chi connectivity index (χ1n) is 8.05. The predicted molar refractivity (Wildman–Crippen MR) is 99.9 cm³/mol. The Morgan fingerprint density at radius 2 is 2.00 bits per heavy atom. The molecule has 0 bridgehead atoms. The molecule has 0 unspecified atom stereocenters. The summed E-state index contributed by atoms with van der Waals surface area (Å²) in [6.07, 6.45) is 6.14. The normalized spacial score (nSPS) is 10.7. The van der Waals surface area contributed by atoms with Crippen molar-refractivity contribution in [3.05, 3.63) is 89.1 Å². The highest BCUT2D eigenvalue weighted by atomic mass is 16.6. The first kappa shape index (κ1) is 16.4. The van der Waals surface area contributed by atoms with Crippen molar-refractivity contribution in [1.82, 2.24) is 14.5 Å². The van der Waals surface area contributed by atoms with E-state index < -0.39 is 10.8 Å². The number of amides is 1. The molecule has 4 rings (SSSR count). The zero-order valence-electron chi connectivity index (χ0n) is 13.9. The molecule has 0 saturated carbocycles. The summed E-state index contributed by atoms with van der Waals surface area (Å²) in [5, 5.41) is 15.0. The molecule has 0 spiro atoms. The third-order valence-corrected chi connectivity index (χ3v) is 4.07. The number of hydrogen-bond donors (Lipinski definition) is 1. The van der Waals surface area contributed by atoms with E-state index in [1.54, 1.807) is 18.5 Å². The highest BCUT2D eigenvalue weighted by molar-refractivity contribution is 6.05. The fraction of sp³-hybridized carbons (Fsp3) is 0. The van der Waals surface area contributed by atoms with Crippen molar-refractivity contribution in [1.29, 1.82) is 0 Å². The van der Waals surface area contributed by atoms with Crippen LogP contribution in [0, 0.1) is 10.1 Å². The molecule has 8 nitrogen and oxygen atoms in total. The van der Waals surface area contributed by atoms with E-state index >= 15 is 0 Å². The smallest absolute Gasteiger partial charge is 0.294 e. The van der Waals surface area contributed by atoms with E-state index in [4.69, 9.17) is 0 Å². The molecule has 0 aliphatic heterocycles. The highest BCUT2D eigenvalue weighted by Gasteiger charge is 2.19. The number of rotatable bonds is 4. The van der Waals surface area contributed by atoms with Crippen LogP contribution in [0.5, 0.6) is 0 Å². The number of nitrogens with zero attached hydrogens (tertiary/aromatic N) is 4. The lowest BCUT2D eigenvalue weighted by Crippen LogP contribution is -2.13. The molecule has 0 aliphatic rings. The molecule has 2 aromatic carbocycles. The van der Waals surface area contributed by atoms with E-state index in [9.17, 15) is 14.9 Å². The molecule has 0 saturated heterocycles. The standard InChI is InChI=1S/C19H13N5O3/c25-19(22-15-9-13-3-1-2-4-16(13)21-11-15)14-5-6-17(18(10-14)24(26)27)23-8-7-20-12-23/h1-12H,(H,22,25). The summed E-state index contributed by atoms with van der Waals surface area (Å²) in [6, 6.07) is 13.6. The monoisotopic (exact) mass is 359 g/mol. The van der Waals surface area contributed by atoms with E-state index in [-0.39, 0.29) is 11.3 Å². The topological polar surface area (TPSA) is 103 Å². The lowest BCUT2D eigenvalue weighted by Gasteiger charge is -2.08. The number of imidazole rings is 1. The number of para-hydroxylation sites is 1. The fourth-order valence-electron chi connectivity index (χ4n) is 2.77. The number of nitro benzene ring substituents is 1. The second-order valence-corrected chi connectivity index (χ2v) is 5.80. The zero-order valence-corrected chi connectivity index (χ0v) is 13.9. The maximum atomic E-state index is 12.5. The molecular formula is C19H13N5O3. The molecule has 0 atom stereocenters. The van der Waals surface area contributed by atoms with Crippen molar-refractivity contribution in [3.8, 4) is 5.69 Å². The molecule has 0 aliphatic carbocycles. The molecule has 0 fully saturated rings. The average molecular weight is 359 g/mol. The van der Waals surface area contributed by atoms with Gasteiger partial charge in [-0.05, 0) is 24.3 Å². The summed E-state index contributed by atoms with van der Waals surface area (Å²) in [6.45, 7) is 0. The van der Waals surface area contributed by atoms with Gasteiger partial charge in [0.2, 0.25) is 0 Å². The van der Waals surface area contributed by atoms with Crippen LogP contribution in [0.15, 0.2) is 73.4 Å². The third-order valence-electron chi connectivity index (χ3n) is 4.07. The van der Waals surface area contributed by atoms with Gasteiger partial charge in [-0.25, -0.2) is 4.98 Å². The van der Waals surface area contributed by atoms with Crippen LogP contribution in [0.1, 0.15) is 10.4 Å². The zero-order chi connectivity index (χ0) is 18.8. The van der Waals surface area contributed by atoms with Gasteiger partial charge in [0.1, 0.15) is 5.69 Å². The summed E-state index contributed by atoms with van der Waals surface area (Å²) in [4.78, 5) is 31.6. The fourth-order valence-corrected chi connectivity index (χ4v) is 2.77. The van der Waals surface area contributed by atoms with E-state index in [1.165, 1.54) is 35.3 Å².